The molecule has 0 radical (unpaired) electrons. The van der Waals surface area contributed by atoms with Crippen molar-refractivity contribution >= 4 is 49.1 Å². The zero-order valence-corrected chi connectivity index (χ0v) is 17.2. The Bertz CT molecular complexity index is 578. The van der Waals surface area contributed by atoms with Gasteiger partial charge in [0.1, 0.15) is 0 Å². The van der Waals surface area contributed by atoms with Gasteiger partial charge in [-0.25, -0.2) is 0 Å². The number of rotatable bonds is 4. The van der Waals surface area contributed by atoms with Crippen LogP contribution in [-0.4, -0.2) is 13.4 Å². The Morgan fingerprint density at radius 1 is 0.905 bits per heavy atom. The molecule has 9 heteroatoms. The molecule has 0 saturated carbocycles. The van der Waals surface area contributed by atoms with E-state index < -0.39 is 13.4 Å². The summed E-state index contributed by atoms with van der Waals surface area (Å²) in [6.45, 7) is 3.66. The number of aryl methyl sites for hydroxylation is 2. The molecular weight excluding hydrogens is 458 g/mol. The van der Waals surface area contributed by atoms with Gasteiger partial charge in [-0.05, 0) is 0 Å². The van der Waals surface area contributed by atoms with Crippen LogP contribution in [0.3, 0.4) is 0 Å². The molecule has 21 heavy (non-hydrogen) atoms. The number of halogens is 2. The quantitative estimate of drug-likeness (QED) is 0.391. The van der Waals surface area contributed by atoms with E-state index in [1.165, 1.54) is 30.3 Å². The third kappa shape index (κ3) is 4.48. The minimum absolute atomic E-state index is 0.497. The van der Waals surface area contributed by atoms with E-state index in [1.54, 1.807) is 12.1 Å². The predicted octanol–water partition coefficient (Wildman–Crippen LogP) is 3.37. The molecule has 0 fully saturated rings. The molecule has 0 aliphatic carbocycles. The zero-order valence-electron chi connectivity index (χ0n) is 11.2. The van der Waals surface area contributed by atoms with Crippen LogP contribution in [0.25, 0.3) is 0 Å². The average Bonchev–Trinajstić information content (AvgIpc) is 2.39. The maximum absolute atomic E-state index is 11.8. The van der Waals surface area contributed by atoms with Crippen molar-refractivity contribution in [3.63, 3.8) is 0 Å². The Hall–Kier alpha value is -0.0213. The van der Waals surface area contributed by atoms with E-state index in [1.807, 2.05) is 26.0 Å². The maximum atomic E-state index is 11.8. The molecule has 0 amide bonds. The van der Waals surface area contributed by atoms with Gasteiger partial charge in [0.05, 0.1) is 0 Å². The Balaban J connectivity index is 2.27. The van der Waals surface area contributed by atoms with E-state index >= 15 is 0 Å². The fourth-order valence-electron chi connectivity index (χ4n) is 1.65. The van der Waals surface area contributed by atoms with E-state index in [9.17, 15) is 10.4 Å². The standard InChI is InChI=1S/2C6H7NOS.2ClH.Sn/c2*1-5-3-2-4-7(8)6(5)9;;;/h2*2-4,9H,1H3;2*1H;/q;;;;+4/p-4. The van der Waals surface area contributed by atoms with Crippen molar-refractivity contribution in [3.05, 3.63) is 58.2 Å². The minimum atomic E-state index is -3.78. The van der Waals surface area contributed by atoms with Gasteiger partial charge in [-0.15, -0.1) is 0 Å². The molecule has 2 aromatic rings. The van der Waals surface area contributed by atoms with E-state index in [0.29, 0.717) is 10.1 Å². The number of nitrogens with zero attached hydrogens (tertiary/aromatic N) is 2. The van der Waals surface area contributed by atoms with E-state index in [-0.39, 0.29) is 0 Å². The second-order valence-electron chi connectivity index (χ2n) is 4.31. The van der Waals surface area contributed by atoms with Crippen molar-refractivity contribution in [1.29, 1.82) is 0 Å². The Morgan fingerprint density at radius 3 is 1.62 bits per heavy atom. The number of aromatic nitrogens is 2. The third-order valence-corrected chi connectivity index (χ3v) is 21.5. The Kier molecular flexibility index (Phi) is 5.81. The molecule has 2 rings (SSSR count). The fraction of sp³-hybridized carbons (Fsp3) is 0.167. The molecule has 0 bridgehead atoms. The van der Waals surface area contributed by atoms with Gasteiger partial charge in [-0.3, -0.25) is 0 Å². The molecular formula is C12H12Cl2N2O2S2Sn. The summed E-state index contributed by atoms with van der Waals surface area (Å²) in [6.07, 6.45) is 2.83. The van der Waals surface area contributed by atoms with Gasteiger partial charge in [-0.2, -0.15) is 0 Å². The number of hydrogen-bond donors (Lipinski definition) is 0. The van der Waals surface area contributed by atoms with Gasteiger partial charge in [0, 0.05) is 0 Å². The first-order chi connectivity index (χ1) is 9.80. The Morgan fingerprint density at radius 2 is 1.29 bits per heavy atom. The summed E-state index contributed by atoms with van der Waals surface area (Å²) < 4.78 is 1.53. The van der Waals surface area contributed by atoms with Crippen molar-refractivity contribution in [1.82, 2.24) is 0 Å². The molecule has 2 aromatic heterocycles. The third-order valence-electron chi connectivity index (χ3n) is 2.64. The second-order valence-corrected chi connectivity index (χ2v) is 36.5. The molecule has 4 nitrogen and oxygen atoms in total. The van der Waals surface area contributed by atoms with Crippen LogP contribution in [0.15, 0.2) is 46.7 Å². The first kappa shape index (κ1) is 17.3. The molecule has 0 unspecified atom stereocenters. The monoisotopic (exact) mass is 470 g/mol. The summed E-state index contributed by atoms with van der Waals surface area (Å²) >= 11 is -3.78. The Labute approximate surface area is 139 Å². The first-order valence-corrected chi connectivity index (χ1v) is 21.8. The van der Waals surface area contributed by atoms with E-state index in [0.717, 1.165) is 20.6 Å². The summed E-state index contributed by atoms with van der Waals surface area (Å²) in [4.78, 5) is 0. The molecule has 0 saturated heterocycles. The molecule has 0 aromatic carbocycles. The van der Waals surface area contributed by atoms with Crippen LogP contribution in [0.2, 0.25) is 0 Å². The molecule has 0 N–H and O–H groups in total. The second kappa shape index (κ2) is 7.04. The first-order valence-electron chi connectivity index (χ1n) is 5.93. The van der Waals surface area contributed by atoms with E-state index in [4.69, 9.17) is 17.8 Å². The predicted molar refractivity (Wildman–Crippen MR) is 89.5 cm³/mol. The van der Waals surface area contributed by atoms with Gasteiger partial charge in [0.2, 0.25) is 0 Å². The summed E-state index contributed by atoms with van der Waals surface area (Å²) in [5.41, 5.74) is 1.64. The van der Waals surface area contributed by atoms with Crippen LogP contribution >= 0.6 is 35.7 Å². The van der Waals surface area contributed by atoms with Crippen LogP contribution in [0.4, 0.5) is 0 Å². The van der Waals surface area contributed by atoms with Crippen molar-refractivity contribution in [2.45, 2.75) is 23.9 Å². The van der Waals surface area contributed by atoms with Crippen LogP contribution in [-0.2, 0) is 0 Å². The van der Waals surface area contributed by atoms with Crippen LogP contribution < -0.4 is 9.46 Å². The van der Waals surface area contributed by atoms with Gasteiger partial charge in [0.15, 0.2) is 0 Å². The van der Waals surface area contributed by atoms with Crippen molar-refractivity contribution < 1.29 is 9.46 Å². The molecule has 0 atom stereocenters. The molecule has 0 aliphatic heterocycles. The molecule has 2 heterocycles. The topological polar surface area (TPSA) is 53.9 Å². The van der Waals surface area contributed by atoms with Crippen molar-refractivity contribution in [2.24, 2.45) is 0 Å². The van der Waals surface area contributed by atoms with Crippen molar-refractivity contribution in [2.75, 3.05) is 0 Å². The average molecular weight is 470 g/mol. The summed E-state index contributed by atoms with van der Waals surface area (Å²) in [5.74, 6) is 0. The number of pyridine rings is 2. The summed E-state index contributed by atoms with van der Waals surface area (Å²) in [5, 5.41) is 24.7. The SMILES string of the molecule is Cc1ccc[n+]([O-])c1[S][Sn]([Cl])([Cl])[S]c1c(C)ccc[n+]1[O-]. The van der Waals surface area contributed by atoms with E-state index in [2.05, 4.69) is 0 Å². The van der Waals surface area contributed by atoms with Gasteiger partial charge in [-0.1, -0.05) is 0 Å². The van der Waals surface area contributed by atoms with Crippen molar-refractivity contribution in [3.8, 4) is 0 Å². The summed E-state index contributed by atoms with van der Waals surface area (Å²) in [6, 6.07) is 7.01. The van der Waals surface area contributed by atoms with Gasteiger partial charge >= 0.3 is 141 Å². The van der Waals surface area contributed by atoms with Crippen LogP contribution in [0.5, 0.6) is 0 Å². The van der Waals surface area contributed by atoms with Gasteiger partial charge < -0.3 is 0 Å². The molecule has 112 valence electrons. The summed E-state index contributed by atoms with van der Waals surface area (Å²) in [7, 11) is 15.4. The fourth-order valence-corrected chi connectivity index (χ4v) is 21.3. The van der Waals surface area contributed by atoms with Gasteiger partial charge in [0.25, 0.3) is 0 Å². The number of hydrogen-bond acceptors (Lipinski definition) is 4. The zero-order chi connectivity index (χ0) is 15.6. The molecule has 0 aliphatic rings. The normalized spacial score (nSPS) is 11.6. The molecule has 0 spiro atoms. The van der Waals surface area contributed by atoms with Crippen LogP contribution in [0.1, 0.15) is 11.1 Å². The van der Waals surface area contributed by atoms with Crippen LogP contribution in [0, 0.1) is 24.3 Å².